The molecule has 0 radical (unpaired) electrons. The van der Waals surface area contributed by atoms with Gasteiger partial charge >= 0.3 is 0 Å². The summed E-state index contributed by atoms with van der Waals surface area (Å²) in [6.45, 7) is 6.99. The van der Waals surface area contributed by atoms with Crippen LogP contribution in [0.25, 0.3) is 0 Å². The first-order valence-electron chi connectivity index (χ1n) is 6.50. The standard InChI is InChI=1S/C15H18ClN3O/c1-10-5-4-6-13(9-10)20-8-7-17-15-14(16)18-11(2)12(3)19-15/h4-6,9H,7-8H2,1-3H3,(H,17,19). The van der Waals surface area contributed by atoms with Crippen LogP contribution in [0.3, 0.4) is 0 Å². The zero-order chi connectivity index (χ0) is 14.5. The average molecular weight is 292 g/mol. The van der Waals surface area contributed by atoms with Gasteiger partial charge in [0.2, 0.25) is 0 Å². The van der Waals surface area contributed by atoms with Gasteiger partial charge < -0.3 is 10.1 Å². The maximum Gasteiger partial charge on any atom is 0.171 e. The summed E-state index contributed by atoms with van der Waals surface area (Å²) in [6.07, 6.45) is 0. The van der Waals surface area contributed by atoms with E-state index in [-0.39, 0.29) is 0 Å². The summed E-state index contributed by atoms with van der Waals surface area (Å²) in [5, 5.41) is 3.53. The summed E-state index contributed by atoms with van der Waals surface area (Å²) in [6, 6.07) is 7.96. The Morgan fingerprint density at radius 3 is 2.65 bits per heavy atom. The Kier molecular flexibility index (Phi) is 4.79. The lowest BCUT2D eigenvalue weighted by Crippen LogP contribution is -2.13. The Labute approximate surface area is 124 Å². The second-order valence-electron chi connectivity index (χ2n) is 4.63. The van der Waals surface area contributed by atoms with Crippen LogP contribution in [0.2, 0.25) is 5.15 Å². The molecule has 2 aromatic rings. The van der Waals surface area contributed by atoms with E-state index < -0.39 is 0 Å². The van der Waals surface area contributed by atoms with E-state index in [1.165, 1.54) is 5.56 Å². The van der Waals surface area contributed by atoms with Gasteiger partial charge in [0, 0.05) is 0 Å². The lowest BCUT2D eigenvalue weighted by molar-refractivity contribution is 0.332. The zero-order valence-electron chi connectivity index (χ0n) is 11.9. The third kappa shape index (κ3) is 3.84. The highest BCUT2D eigenvalue weighted by molar-refractivity contribution is 6.31. The molecule has 0 fully saturated rings. The lowest BCUT2D eigenvalue weighted by Gasteiger charge is -2.10. The number of aromatic nitrogens is 2. The van der Waals surface area contributed by atoms with Gasteiger partial charge in [-0.05, 0) is 38.5 Å². The van der Waals surface area contributed by atoms with Crippen molar-refractivity contribution in [3.63, 3.8) is 0 Å². The van der Waals surface area contributed by atoms with E-state index in [0.717, 1.165) is 17.1 Å². The van der Waals surface area contributed by atoms with Gasteiger partial charge in [-0.3, -0.25) is 0 Å². The van der Waals surface area contributed by atoms with Crippen LogP contribution in [0.15, 0.2) is 24.3 Å². The van der Waals surface area contributed by atoms with E-state index in [4.69, 9.17) is 16.3 Å². The summed E-state index contributed by atoms with van der Waals surface area (Å²) in [4.78, 5) is 8.59. The van der Waals surface area contributed by atoms with Gasteiger partial charge in [0.05, 0.1) is 17.9 Å². The van der Waals surface area contributed by atoms with Crippen LogP contribution in [-0.4, -0.2) is 23.1 Å². The number of anilines is 1. The Bertz CT molecular complexity index is 602. The molecule has 0 amide bonds. The molecule has 0 aliphatic heterocycles. The molecule has 0 aliphatic rings. The quantitative estimate of drug-likeness (QED) is 0.856. The third-order valence-electron chi connectivity index (χ3n) is 2.92. The van der Waals surface area contributed by atoms with Gasteiger partial charge in [-0.2, -0.15) is 0 Å². The highest BCUT2D eigenvalue weighted by atomic mass is 35.5. The summed E-state index contributed by atoms with van der Waals surface area (Å²) >= 11 is 6.04. The minimum atomic E-state index is 0.392. The topological polar surface area (TPSA) is 47.0 Å². The first-order valence-corrected chi connectivity index (χ1v) is 6.88. The normalized spacial score (nSPS) is 10.4. The number of ether oxygens (including phenoxy) is 1. The monoisotopic (exact) mass is 291 g/mol. The van der Waals surface area contributed by atoms with E-state index >= 15 is 0 Å². The van der Waals surface area contributed by atoms with Gasteiger partial charge in [0.1, 0.15) is 12.4 Å². The van der Waals surface area contributed by atoms with Crippen molar-refractivity contribution in [2.24, 2.45) is 0 Å². The second kappa shape index (κ2) is 6.57. The van der Waals surface area contributed by atoms with Crippen molar-refractivity contribution in [3.8, 4) is 5.75 Å². The van der Waals surface area contributed by atoms with E-state index in [9.17, 15) is 0 Å². The molecule has 1 aromatic carbocycles. The molecule has 106 valence electrons. The summed E-state index contributed by atoms with van der Waals surface area (Å²) in [5.74, 6) is 1.46. The van der Waals surface area contributed by atoms with Crippen LogP contribution >= 0.6 is 11.6 Å². The van der Waals surface area contributed by atoms with Crippen molar-refractivity contribution in [1.82, 2.24) is 9.97 Å². The maximum absolute atomic E-state index is 6.04. The van der Waals surface area contributed by atoms with Crippen LogP contribution in [0.4, 0.5) is 5.82 Å². The fourth-order valence-electron chi connectivity index (χ4n) is 1.73. The number of hydrogen-bond acceptors (Lipinski definition) is 4. The number of hydrogen-bond donors (Lipinski definition) is 1. The molecule has 1 heterocycles. The first kappa shape index (κ1) is 14.6. The van der Waals surface area contributed by atoms with E-state index in [1.807, 2.05) is 45.0 Å². The molecule has 0 bridgehead atoms. The fraction of sp³-hybridized carbons (Fsp3) is 0.333. The predicted octanol–water partition coefficient (Wildman–Crippen LogP) is 3.55. The number of benzene rings is 1. The van der Waals surface area contributed by atoms with E-state index in [2.05, 4.69) is 15.3 Å². The van der Waals surface area contributed by atoms with Crippen molar-refractivity contribution in [2.45, 2.75) is 20.8 Å². The van der Waals surface area contributed by atoms with Crippen molar-refractivity contribution in [3.05, 3.63) is 46.4 Å². The molecule has 0 unspecified atom stereocenters. The van der Waals surface area contributed by atoms with E-state index in [0.29, 0.717) is 24.1 Å². The zero-order valence-corrected chi connectivity index (χ0v) is 12.7. The number of nitrogens with zero attached hydrogens (tertiary/aromatic N) is 2. The third-order valence-corrected chi connectivity index (χ3v) is 3.18. The van der Waals surface area contributed by atoms with Gasteiger partial charge in [-0.25, -0.2) is 9.97 Å². The minimum absolute atomic E-state index is 0.392. The number of halogens is 1. The summed E-state index contributed by atoms with van der Waals surface area (Å²) in [7, 11) is 0. The van der Waals surface area contributed by atoms with Crippen LogP contribution in [0.5, 0.6) is 5.75 Å². The fourth-order valence-corrected chi connectivity index (χ4v) is 1.97. The first-order chi connectivity index (χ1) is 9.56. The lowest BCUT2D eigenvalue weighted by atomic mass is 10.2. The number of rotatable bonds is 5. The molecular formula is C15H18ClN3O. The van der Waals surface area contributed by atoms with Crippen LogP contribution in [-0.2, 0) is 0 Å². The van der Waals surface area contributed by atoms with E-state index in [1.54, 1.807) is 0 Å². The Morgan fingerprint density at radius 2 is 1.90 bits per heavy atom. The molecular weight excluding hydrogens is 274 g/mol. The van der Waals surface area contributed by atoms with Crippen LogP contribution < -0.4 is 10.1 Å². The Hall–Kier alpha value is -1.81. The number of aryl methyl sites for hydroxylation is 3. The smallest absolute Gasteiger partial charge is 0.171 e. The number of nitrogens with one attached hydrogen (secondary N) is 1. The van der Waals surface area contributed by atoms with Gasteiger partial charge in [0.25, 0.3) is 0 Å². The van der Waals surface area contributed by atoms with Gasteiger partial charge in [-0.15, -0.1) is 0 Å². The molecule has 2 rings (SSSR count). The van der Waals surface area contributed by atoms with Crippen molar-refractivity contribution < 1.29 is 4.74 Å². The Balaban J connectivity index is 1.86. The molecule has 0 atom stereocenters. The Morgan fingerprint density at radius 1 is 1.15 bits per heavy atom. The predicted molar refractivity (Wildman–Crippen MR) is 81.7 cm³/mol. The average Bonchev–Trinajstić information content (AvgIpc) is 2.40. The van der Waals surface area contributed by atoms with Gasteiger partial charge in [-0.1, -0.05) is 23.7 Å². The minimum Gasteiger partial charge on any atom is -0.492 e. The molecule has 4 nitrogen and oxygen atoms in total. The molecule has 5 heteroatoms. The SMILES string of the molecule is Cc1cccc(OCCNc2nc(C)c(C)nc2Cl)c1. The van der Waals surface area contributed by atoms with Crippen molar-refractivity contribution in [2.75, 3.05) is 18.5 Å². The molecule has 0 aliphatic carbocycles. The largest absolute Gasteiger partial charge is 0.492 e. The molecule has 0 saturated carbocycles. The molecule has 20 heavy (non-hydrogen) atoms. The highest BCUT2D eigenvalue weighted by Crippen LogP contribution is 2.18. The van der Waals surface area contributed by atoms with Gasteiger partial charge in [0.15, 0.2) is 11.0 Å². The molecule has 1 N–H and O–H groups in total. The molecule has 0 saturated heterocycles. The summed E-state index contributed by atoms with van der Waals surface area (Å²) < 4.78 is 5.65. The maximum atomic E-state index is 6.04. The second-order valence-corrected chi connectivity index (χ2v) is 4.98. The summed E-state index contributed by atoms with van der Waals surface area (Å²) in [5.41, 5.74) is 2.89. The van der Waals surface area contributed by atoms with Crippen LogP contribution in [0, 0.1) is 20.8 Å². The van der Waals surface area contributed by atoms with Crippen molar-refractivity contribution in [1.29, 1.82) is 0 Å². The van der Waals surface area contributed by atoms with Crippen molar-refractivity contribution >= 4 is 17.4 Å². The highest BCUT2D eigenvalue weighted by Gasteiger charge is 2.06. The van der Waals surface area contributed by atoms with Crippen LogP contribution in [0.1, 0.15) is 17.0 Å². The molecule has 1 aromatic heterocycles. The molecule has 0 spiro atoms.